The molecule has 0 aromatic carbocycles. The highest BCUT2D eigenvalue weighted by Gasteiger charge is 2.23. The van der Waals surface area contributed by atoms with Crippen LogP contribution in [0.5, 0.6) is 0 Å². The molecule has 0 unspecified atom stereocenters. The van der Waals surface area contributed by atoms with E-state index in [-0.39, 0.29) is 30.7 Å². The number of anilines is 1. The number of aromatic nitrogens is 1. The molecule has 1 aliphatic rings. The van der Waals surface area contributed by atoms with Gasteiger partial charge in [-0.3, -0.25) is 4.79 Å². The summed E-state index contributed by atoms with van der Waals surface area (Å²) in [7, 11) is 1.99. The van der Waals surface area contributed by atoms with E-state index < -0.39 is 0 Å². The van der Waals surface area contributed by atoms with Crippen molar-refractivity contribution in [1.29, 1.82) is 0 Å². The molecule has 1 aromatic heterocycles. The zero-order valence-electron chi connectivity index (χ0n) is 16.4. The second-order valence-corrected chi connectivity index (χ2v) is 6.91. The number of halogens is 2. The predicted octanol–water partition coefficient (Wildman–Crippen LogP) is 3.62. The van der Waals surface area contributed by atoms with Crippen LogP contribution in [0.3, 0.4) is 0 Å². The maximum atomic E-state index is 12.7. The second-order valence-electron chi connectivity index (χ2n) is 6.91. The molecule has 1 fully saturated rings. The Hall–Kier alpha value is -1.04. The third kappa shape index (κ3) is 6.60. The van der Waals surface area contributed by atoms with Crippen molar-refractivity contribution in [2.75, 3.05) is 38.1 Å². The standard InChI is InChI=1S/C19H32N4O.2ClH/c1-5-23(15(2)3)18-7-6-17(14-21-18)19(24)22-12-9-16(10-13-22)8-11-20-4;;/h6-7,14-16,20H,5,8-13H2,1-4H3;2*1H. The molecule has 150 valence electrons. The zero-order chi connectivity index (χ0) is 17.5. The molecular weight excluding hydrogens is 371 g/mol. The molecule has 5 nitrogen and oxygen atoms in total. The van der Waals surface area contributed by atoms with Gasteiger partial charge in [-0.15, -0.1) is 24.8 Å². The van der Waals surface area contributed by atoms with Crippen LogP contribution in [-0.4, -0.2) is 55.1 Å². The van der Waals surface area contributed by atoms with Crippen molar-refractivity contribution in [3.63, 3.8) is 0 Å². The SMILES string of the molecule is CCN(c1ccc(C(=O)N2CCC(CCNC)CC2)cn1)C(C)C.Cl.Cl. The van der Waals surface area contributed by atoms with Crippen molar-refractivity contribution in [2.24, 2.45) is 5.92 Å². The minimum atomic E-state index is 0. The van der Waals surface area contributed by atoms with E-state index in [1.165, 1.54) is 6.42 Å². The molecule has 2 heterocycles. The van der Waals surface area contributed by atoms with Crippen LogP contribution in [0, 0.1) is 5.92 Å². The fourth-order valence-electron chi connectivity index (χ4n) is 3.43. The average molecular weight is 405 g/mol. The largest absolute Gasteiger partial charge is 0.354 e. The molecule has 0 saturated carbocycles. The summed E-state index contributed by atoms with van der Waals surface area (Å²) in [6.07, 6.45) is 5.15. The quantitative estimate of drug-likeness (QED) is 0.753. The maximum absolute atomic E-state index is 12.7. The Balaban J connectivity index is 0.00000312. The summed E-state index contributed by atoms with van der Waals surface area (Å²) in [6, 6.07) is 4.29. The van der Waals surface area contributed by atoms with Crippen LogP contribution in [0.2, 0.25) is 0 Å². The number of carbonyl (C=O) groups is 1. The third-order valence-corrected chi connectivity index (χ3v) is 4.96. The Morgan fingerprint density at radius 1 is 1.31 bits per heavy atom. The van der Waals surface area contributed by atoms with Crippen LogP contribution in [0.4, 0.5) is 5.82 Å². The fourth-order valence-corrected chi connectivity index (χ4v) is 3.43. The number of likely N-dealkylation sites (tertiary alicyclic amines) is 1. The predicted molar refractivity (Wildman–Crippen MR) is 114 cm³/mol. The molecule has 0 aliphatic carbocycles. The summed E-state index contributed by atoms with van der Waals surface area (Å²) in [5.41, 5.74) is 0.701. The van der Waals surface area contributed by atoms with Crippen molar-refractivity contribution >= 4 is 36.5 Å². The third-order valence-electron chi connectivity index (χ3n) is 4.96. The number of nitrogens with one attached hydrogen (secondary N) is 1. The summed E-state index contributed by atoms with van der Waals surface area (Å²) in [5.74, 6) is 1.80. The Bertz CT molecular complexity index is 517. The lowest BCUT2D eigenvalue weighted by Gasteiger charge is -2.32. The van der Waals surface area contributed by atoms with Gasteiger partial charge in [0, 0.05) is 31.9 Å². The number of hydrogen-bond donors (Lipinski definition) is 1. The Labute approximate surface area is 170 Å². The van der Waals surface area contributed by atoms with E-state index >= 15 is 0 Å². The molecule has 0 radical (unpaired) electrons. The topological polar surface area (TPSA) is 48.5 Å². The van der Waals surface area contributed by atoms with Crippen LogP contribution in [0.15, 0.2) is 18.3 Å². The van der Waals surface area contributed by atoms with Gasteiger partial charge < -0.3 is 15.1 Å². The summed E-state index contributed by atoms with van der Waals surface area (Å²) in [5, 5.41) is 3.21. The lowest BCUT2D eigenvalue weighted by Crippen LogP contribution is -2.39. The zero-order valence-corrected chi connectivity index (χ0v) is 18.0. The number of amides is 1. The van der Waals surface area contributed by atoms with E-state index in [1.54, 1.807) is 6.20 Å². The molecule has 1 aliphatic heterocycles. The normalized spacial score (nSPS) is 14.6. The van der Waals surface area contributed by atoms with Crippen LogP contribution >= 0.6 is 24.8 Å². The molecule has 0 bridgehead atoms. The van der Waals surface area contributed by atoms with Gasteiger partial charge in [0.15, 0.2) is 0 Å². The fraction of sp³-hybridized carbons (Fsp3) is 0.684. The van der Waals surface area contributed by atoms with Gasteiger partial charge in [-0.05, 0) is 71.7 Å². The van der Waals surface area contributed by atoms with E-state index in [1.807, 2.05) is 24.1 Å². The van der Waals surface area contributed by atoms with Crippen molar-refractivity contribution in [2.45, 2.75) is 46.1 Å². The number of carbonyl (C=O) groups excluding carboxylic acids is 1. The van der Waals surface area contributed by atoms with Gasteiger partial charge in [-0.25, -0.2) is 4.98 Å². The van der Waals surface area contributed by atoms with Gasteiger partial charge in [0.05, 0.1) is 5.56 Å². The Morgan fingerprint density at radius 2 is 1.96 bits per heavy atom. The summed E-state index contributed by atoms with van der Waals surface area (Å²) >= 11 is 0. The van der Waals surface area contributed by atoms with Crippen LogP contribution in [0.1, 0.15) is 50.4 Å². The van der Waals surface area contributed by atoms with Gasteiger partial charge in [0.25, 0.3) is 5.91 Å². The summed E-state index contributed by atoms with van der Waals surface area (Å²) in [4.78, 5) is 21.4. The summed E-state index contributed by atoms with van der Waals surface area (Å²) < 4.78 is 0. The van der Waals surface area contributed by atoms with Crippen LogP contribution < -0.4 is 10.2 Å². The second kappa shape index (κ2) is 12.4. The average Bonchev–Trinajstić information content (AvgIpc) is 2.61. The Morgan fingerprint density at radius 3 is 2.42 bits per heavy atom. The lowest BCUT2D eigenvalue weighted by molar-refractivity contribution is 0.0686. The van der Waals surface area contributed by atoms with Gasteiger partial charge in [0.2, 0.25) is 0 Å². The number of rotatable bonds is 7. The van der Waals surface area contributed by atoms with Crippen molar-refractivity contribution < 1.29 is 4.79 Å². The van der Waals surface area contributed by atoms with E-state index in [4.69, 9.17) is 0 Å². The van der Waals surface area contributed by atoms with Crippen molar-refractivity contribution in [3.8, 4) is 0 Å². The van der Waals surface area contributed by atoms with Crippen molar-refractivity contribution in [1.82, 2.24) is 15.2 Å². The molecular formula is C19H34Cl2N4O. The van der Waals surface area contributed by atoms with Gasteiger partial charge in [-0.2, -0.15) is 0 Å². The Kier molecular flexibility index (Phi) is 11.9. The van der Waals surface area contributed by atoms with Crippen LogP contribution in [-0.2, 0) is 0 Å². The molecule has 2 rings (SSSR count). The number of nitrogens with zero attached hydrogens (tertiary/aromatic N) is 3. The highest BCUT2D eigenvalue weighted by molar-refractivity contribution is 5.94. The van der Waals surface area contributed by atoms with E-state index in [0.29, 0.717) is 11.6 Å². The minimum Gasteiger partial charge on any atom is -0.354 e. The highest BCUT2D eigenvalue weighted by atomic mass is 35.5. The molecule has 0 spiro atoms. The first-order chi connectivity index (χ1) is 11.6. The number of pyridine rings is 1. The first kappa shape index (κ1) is 25.0. The maximum Gasteiger partial charge on any atom is 0.255 e. The van der Waals surface area contributed by atoms with Gasteiger partial charge in [0.1, 0.15) is 5.82 Å². The van der Waals surface area contributed by atoms with E-state index in [2.05, 4.69) is 36.0 Å². The first-order valence-corrected chi connectivity index (χ1v) is 9.23. The first-order valence-electron chi connectivity index (χ1n) is 9.23. The monoisotopic (exact) mass is 404 g/mol. The molecule has 0 atom stereocenters. The number of hydrogen-bond acceptors (Lipinski definition) is 4. The summed E-state index contributed by atoms with van der Waals surface area (Å²) in [6.45, 7) is 10.1. The van der Waals surface area contributed by atoms with E-state index in [0.717, 1.165) is 50.8 Å². The van der Waals surface area contributed by atoms with Gasteiger partial charge in [-0.1, -0.05) is 0 Å². The molecule has 26 heavy (non-hydrogen) atoms. The highest BCUT2D eigenvalue weighted by Crippen LogP contribution is 2.22. The van der Waals surface area contributed by atoms with Crippen LogP contribution in [0.25, 0.3) is 0 Å². The van der Waals surface area contributed by atoms with Gasteiger partial charge >= 0.3 is 0 Å². The minimum absolute atomic E-state index is 0. The molecule has 1 aromatic rings. The molecule has 1 saturated heterocycles. The van der Waals surface area contributed by atoms with E-state index in [9.17, 15) is 4.79 Å². The van der Waals surface area contributed by atoms with Crippen molar-refractivity contribution in [3.05, 3.63) is 23.9 Å². The smallest absolute Gasteiger partial charge is 0.255 e. The molecule has 1 amide bonds. The lowest BCUT2D eigenvalue weighted by atomic mass is 9.93. The molecule has 7 heteroatoms. The number of piperidine rings is 1. The molecule has 1 N–H and O–H groups in total.